The van der Waals surface area contributed by atoms with Crippen molar-refractivity contribution in [1.29, 1.82) is 0 Å². The van der Waals surface area contributed by atoms with E-state index in [-0.39, 0.29) is 11.1 Å². The van der Waals surface area contributed by atoms with Gasteiger partial charge in [0.1, 0.15) is 6.73 Å². The molecule has 1 fully saturated rings. The van der Waals surface area contributed by atoms with Crippen LogP contribution in [-0.2, 0) is 4.74 Å². The van der Waals surface area contributed by atoms with Gasteiger partial charge in [-0.15, -0.1) is 0 Å². The van der Waals surface area contributed by atoms with Crippen molar-refractivity contribution in [3.8, 4) is 0 Å². The minimum atomic E-state index is 0.0709. The Balaban J connectivity index is 2.55. The summed E-state index contributed by atoms with van der Waals surface area (Å²) in [5.41, 5.74) is 0.302. The van der Waals surface area contributed by atoms with Crippen LogP contribution in [0.25, 0.3) is 0 Å². The van der Waals surface area contributed by atoms with Gasteiger partial charge in [-0.2, -0.15) is 0 Å². The summed E-state index contributed by atoms with van der Waals surface area (Å²) in [6.07, 6.45) is 1.15. The van der Waals surface area contributed by atoms with Gasteiger partial charge in [0, 0.05) is 12.1 Å². The van der Waals surface area contributed by atoms with Crippen molar-refractivity contribution in [1.82, 2.24) is 4.90 Å². The normalized spacial score (nSPS) is 30.2. The standard InChI is InChI=1S/C12H25NO/c1-10(2)7-12(6)8-13(9-14-12)11(3,4)5/h10H,7-9H2,1-6H3. The maximum absolute atomic E-state index is 5.92. The number of hydrogen-bond acceptors (Lipinski definition) is 2. The van der Waals surface area contributed by atoms with Crippen molar-refractivity contribution in [2.24, 2.45) is 5.92 Å². The van der Waals surface area contributed by atoms with E-state index < -0.39 is 0 Å². The van der Waals surface area contributed by atoms with E-state index in [4.69, 9.17) is 4.74 Å². The van der Waals surface area contributed by atoms with E-state index in [0.29, 0.717) is 5.92 Å². The maximum atomic E-state index is 5.92. The zero-order valence-corrected chi connectivity index (χ0v) is 10.6. The maximum Gasteiger partial charge on any atom is 0.100 e. The lowest BCUT2D eigenvalue weighted by Gasteiger charge is -2.31. The van der Waals surface area contributed by atoms with Crippen molar-refractivity contribution < 1.29 is 4.74 Å². The molecule has 0 saturated carbocycles. The second-order valence-corrected chi connectivity index (χ2v) is 6.19. The molecule has 0 N–H and O–H groups in total. The Morgan fingerprint density at radius 1 is 1.36 bits per heavy atom. The molecule has 0 aromatic rings. The smallest absolute Gasteiger partial charge is 0.100 e. The Bertz CT molecular complexity index is 195. The van der Waals surface area contributed by atoms with Crippen molar-refractivity contribution >= 4 is 0 Å². The molecule has 84 valence electrons. The fraction of sp³-hybridized carbons (Fsp3) is 1.00. The van der Waals surface area contributed by atoms with Gasteiger partial charge >= 0.3 is 0 Å². The highest BCUT2D eigenvalue weighted by Gasteiger charge is 2.39. The first-order valence-corrected chi connectivity index (χ1v) is 5.62. The Labute approximate surface area is 88.6 Å². The topological polar surface area (TPSA) is 12.5 Å². The molecule has 0 aromatic heterocycles. The minimum Gasteiger partial charge on any atom is -0.359 e. The van der Waals surface area contributed by atoms with E-state index in [9.17, 15) is 0 Å². The molecule has 1 saturated heterocycles. The highest BCUT2D eigenvalue weighted by Crippen LogP contribution is 2.31. The average molecular weight is 199 g/mol. The molecule has 0 bridgehead atoms. The lowest BCUT2D eigenvalue weighted by atomic mass is 9.93. The molecular formula is C12H25NO. The Morgan fingerprint density at radius 3 is 2.29 bits per heavy atom. The summed E-state index contributed by atoms with van der Waals surface area (Å²) >= 11 is 0. The van der Waals surface area contributed by atoms with Crippen molar-refractivity contribution in [3.05, 3.63) is 0 Å². The molecule has 14 heavy (non-hydrogen) atoms. The third-order valence-corrected chi connectivity index (χ3v) is 2.88. The Hall–Kier alpha value is -0.0800. The van der Waals surface area contributed by atoms with Crippen LogP contribution in [0, 0.1) is 5.92 Å². The molecule has 1 heterocycles. The predicted molar refractivity (Wildman–Crippen MR) is 60.3 cm³/mol. The van der Waals surface area contributed by atoms with Crippen LogP contribution in [0.4, 0.5) is 0 Å². The summed E-state index contributed by atoms with van der Waals surface area (Å²) in [4.78, 5) is 2.41. The monoisotopic (exact) mass is 199 g/mol. The largest absolute Gasteiger partial charge is 0.359 e. The van der Waals surface area contributed by atoms with Crippen LogP contribution in [0.5, 0.6) is 0 Å². The van der Waals surface area contributed by atoms with Crippen molar-refractivity contribution in [2.75, 3.05) is 13.3 Å². The predicted octanol–water partition coefficient (Wildman–Crippen LogP) is 2.88. The molecule has 0 radical (unpaired) electrons. The van der Waals surface area contributed by atoms with E-state index in [1.807, 2.05) is 0 Å². The molecule has 1 aliphatic heterocycles. The zero-order valence-electron chi connectivity index (χ0n) is 10.6. The molecule has 2 nitrogen and oxygen atoms in total. The van der Waals surface area contributed by atoms with Crippen LogP contribution in [0.15, 0.2) is 0 Å². The molecule has 0 aliphatic carbocycles. The van der Waals surface area contributed by atoms with Gasteiger partial charge in [-0.25, -0.2) is 0 Å². The summed E-state index contributed by atoms with van der Waals surface area (Å²) < 4.78 is 5.92. The van der Waals surface area contributed by atoms with Gasteiger partial charge in [0.05, 0.1) is 5.60 Å². The fourth-order valence-electron chi connectivity index (χ4n) is 2.15. The minimum absolute atomic E-state index is 0.0709. The lowest BCUT2D eigenvalue weighted by molar-refractivity contribution is -0.00196. The van der Waals surface area contributed by atoms with Gasteiger partial charge in [0.15, 0.2) is 0 Å². The van der Waals surface area contributed by atoms with Crippen LogP contribution in [0.3, 0.4) is 0 Å². The van der Waals surface area contributed by atoms with Gasteiger partial charge in [-0.05, 0) is 40.0 Å². The summed E-state index contributed by atoms with van der Waals surface area (Å²) in [7, 11) is 0. The van der Waals surface area contributed by atoms with E-state index in [0.717, 1.165) is 19.7 Å². The first kappa shape index (κ1) is 12.0. The molecule has 2 heteroatoms. The van der Waals surface area contributed by atoms with Crippen LogP contribution >= 0.6 is 0 Å². The highest BCUT2D eigenvalue weighted by atomic mass is 16.5. The lowest BCUT2D eigenvalue weighted by Crippen LogP contribution is -2.42. The van der Waals surface area contributed by atoms with Gasteiger partial charge in [0.2, 0.25) is 0 Å². The average Bonchev–Trinajstić information content (AvgIpc) is 2.28. The van der Waals surface area contributed by atoms with E-state index in [1.54, 1.807) is 0 Å². The first-order valence-electron chi connectivity index (χ1n) is 5.62. The summed E-state index contributed by atoms with van der Waals surface area (Å²) in [5.74, 6) is 0.708. The number of hydrogen-bond donors (Lipinski definition) is 0. The highest BCUT2D eigenvalue weighted by molar-refractivity contribution is 4.89. The van der Waals surface area contributed by atoms with Gasteiger partial charge in [0.25, 0.3) is 0 Å². The van der Waals surface area contributed by atoms with Crippen molar-refractivity contribution in [2.45, 2.75) is 59.1 Å². The Morgan fingerprint density at radius 2 is 1.93 bits per heavy atom. The van der Waals surface area contributed by atoms with Crippen LogP contribution in [-0.4, -0.2) is 29.3 Å². The van der Waals surface area contributed by atoms with Gasteiger partial charge in [-0.3, -0.25) is 4.90 Å². The van der Waals surface area contributed by atoms with Gasteiger partial charge < -0.3 is 4.74 Å². The third-order valence-electron chi connectivity index (χ3n) is 2.88. The molecule has 0 amide bonds. The zero-order chi connectivity index (χ0) is 11.0. The summed E-state index contributed by atoms with van der Waals surface area (Å²) in [6.45, 7) is 15.3. The number of nitrogens with zero attached hydrogens (tertiary/aromatic N) is 1. The van der Waals surface area contributed by atoms with E-state index in [1.165, 1.54) is 0 Å². The van der Waals surface area contributed by atoms with Crippen LogP contribution < -0.4 is 0 Å². The van der Waals surface area contributed by atoms with Crippen LogP contribution in [0.2, 0.25) is 0 Å². The number of ether oxygens (including phenoxy) is 1. The van der Waals surface area contributed by atoms with E-state index in [2.05, 4.69) is 46.4 Å². The SMILES string of the molecule is CC(C)CC1(C)CN(C(C)(C)C)CO1. The van der Waals surface area contributed by atoms with Gasteiger partial charge in [-0.1, -0.05) is 13.8 Å². The van der Waals surface area contributed by atoms with Crippen LogP contribution in [0.1, 0.15) is 48.0 Å². The molecule has 1 unspecified atom stereocenters. The fourth-order valence-corrected chi connectivity index (χ4v) is 2.15. The molecule has 1 atom stereocenters. The summed E-state index contributed by atoms with van der Waals surface area (Å²) in [6, 6.07) is 0. The number of rotatable bonds is 2. The first-order chi connectivity index (χ1) is 6.23. The molecule has 1 rings (SSSR count). The molecule has 1 aliphatic rings. The molecule has 0 spiro atoms. The second kappa shape index (κ2) is 3.82. The van der Waals surface area contributed by atoms with Crippen molar-refractivity contribution in [3.63, 3.8) is 0 Å². The summed E-state index contributed by atoms with van der Waals surface area (Å²) in [5, 5.41) is 0. The second-order valence-electron chi connectivity index (χ2n) is 6.19. The van der Waals surface area contributed by atoms with E-state index >= 15 is 0 Å². The molecular weight excluding hydrogens is 174 g/mol. The third kappa shape index (κ3) is 2.96. The molecule has 0 aromatic carbocycles. The quantitative estimate of drug-likeness (QED) is 0.678. The Kier molecular flexibility index (Phi) is 3.27.